The van der Waals surface area contributed by atoms with E-state index >= 15 is 0 Å². The van der Waals surface area contributed by atoms with Gasteiger partial charge < -0.3 is 4.43 Å². The Balaban J connectivity index is 2.37. The summed E-state index contributed by atoms with van der Waals surface area (Å²) in [4.78, 5) is 2.47. The SMILES string of the molecule is CC(C)(C)N1CC[C@H](O[Si](C)(C)C(C)(C)C)C1c1cccc(F)c1. The Labute approximate surface area is 148 Å². The zero-order valence-corrected chi connectivity index (χ0v) is 17.6. The van der Waals surface area contributed by atoms with Gasteiger partial charge in [0.05, 0.1) is 12.1 Å². The smallest absolute Gasteiger partial charge is 0.192 e. The molecule has 2 rings (SSSR count). The molecule has 2 atom stereocenters. The van der Waals surface area contributed by atoms with E-state index in [2.05, 4.69) is 59.5 Å². The summed E-state index contributed by atoms with van der Waals surface area (Å²) >= 11 is 0. The predicted octanol–water partition coefficient (Wildman–Crippen LogP) is 5.76. The quantitative estimate of drug-likeness (QED) is 0.642. The molecule has 2 nitrogen and oxygen atoms in total. The molecule has 0 radical (unpaired) electrons. The summed E-state index contributed by atoms with van der Waals surface area (Å²) in [7, 11) is -1.87. The average Bonchev–Trinajstić information content (AvgIpc) is 2.80. The summed E-state index contributed by atoms with van der Waals surface area (Å²) in [6, 6.07) is 7.17. The van der Waals surface area contributed by atoms with Gasteiger partial charge in [0.25, 0.3) is 0 Å². The highest BCUT2D eigenvalue weighted by Crippen LogP contribution is 2.44. The predicted molar refractivity (Wildman–Crippen MR) is 102 cm³/mol. The molecular weight excluding hydrogens is 317 g/mol. The monoisotopic (exact) mass is 351 g/mol. The van der Waals surface area contributed by atoms with Crippen LogP contribution in [0.5, 0.6) is 0 Å². The highest BCUT2D eigenvalue weighted by molar-refractivity contribution is 6.74. The lowest BCUT2D eigenvalue weighted by molar-refractivity contribution is 0.0681. The molecule has 0 N–H and O–H groups in total. The van der Waals surface area contributed by atoms with Crippen LogP contribution in [0.15, 0.2) is 24.3 Å². The van der Waals surface area contributed by atoms with Crippen molar-refractivity contribution in [2.75, 3.05) is 6.54 Å². The third kappa shape index (κ3) is 4.09. The molecule has 1 aromatic carbocycles. The van der Waals surface area contributed by atoms with Crippen molar-refractivity contribution in [1.82, 2.24) is 4.90 Å². The number of rotatable bonds is 3. The van der Waals surface area contributed by atoms with Crippen LogP contribution in [0.4, 0.5) is 4.39 Å². The van der Waals surface area contributed by atoms with Crippen LogP contribution in [-0.4, -0.2) is 31.4 Å². The van der Waals surface area contributed by atoms with E-state index in [0.29, 0.717) is 0 Å². The second-order valence-corrected chi connectivity index (χ2v) is 14.3. The molecule has 1 fully saturated rings. The van der Waals surface area contributed by atoms with Gasteiger partial charge >= 0.3 is 0 Å². The topological polar surface area (TPSA) is 12.5 Å². The standard InChI is InChI=1S/C20H34FNOSi/c1-19(2,3)22-13-12-17(23-24(7,8)20(4,5)6)18(22)15-10-9-11-16(21)14-15/h9-11,14,17-18H,12-13H2,1-8H3/t17-,18?/m0/s1. The van der Waals surface area contributed by atoms with Gasteiger partial charge in [0.2, 0.25) is 0 Å². The Morgan fingerprint density at radius 2 is 1.75 bits per heavy atom. The van der Waals surface area contributed by atoms with Crippen molar-refractivity contribution in [1.29, 1.82) is 0 Å². The third-order valence-corrected chi connectivity index (χ3v) is 10.2. The highest BCUT2D eigenvalue weighted by Gasteiger charge is 2.46. The molecule has 136 valence electrons. The first-order valence-electron chi connectivity index (χ1n) is 9.03. The fourth-order valence-electron chi connectivity index (χ4n) is 3.28. The number of likely N-dealkylation sites (tertiary alicyclic amines) is 1. The summed E-state index contributed by atoms with van der Waals surface area (Å²) in [5.41, 5.74) is 1.06. The van der Waals surface area contributed by atoms with Crippen molar-refractivity contribution >= 4 is 8.32 Å². The number of hydrogen-bond acceptors (Lipinski definition) is 2. The van der Waals surface area contributed by atoms with Gasteiger partial charge in [0.1, 0.15) is 5.82 Å². The van der Waals surface area contributed by atoms with E-state index < -0.39 is 8.32 Å². The molecule has 4 heteroatoms. The van der Waals surface area contributed by atoms with Gasteiger partial charge in [0.15, 0.2) is 8.32 Å². The van der Waals surface area contributed by atoms with Crippen LogP contribution < -0.4 is 0 Å². The Morgan fingerprint density at radius 1 is 1.12 bits per heavy atom. The molecule has 0 spiro atoms. The lowest BCUT2D eigenvalue weighted by atomic mass is 9.98. The molecule has 1 heterocycles. The first-order chi connectivity index (χ1) is 10.8. The minimum atomic E-state index is -1.87. The highest BCUT2D eigenvalue weighted by atomic mass is 28.4. The van der Waals surface area contributed by atoms with Gasteiger partial charge in [-0.3, -0.25) is 4.90 Å². The van der Waals surface area contributed by atoms with Crippen molar-refractivity contribution < 1.29 is 8.82 Å². The van der Waals surface area contributed by atoms with Crippen molar-refractivity contribution in [2.24, 2.45) is 0 Å². The molecule has 0 amide bonds. The maximum Gasteiger partial charge on any atom is 0.192 e. The fraction of sp³-hybridized carbons (Fsp3) is 0.700. The van der Waals surface area contributed by atoms with Crippen molar-refractivity contribution in [2.45, 2.75) is 83.8 Å². The van der Waals surface area contributed by atoms with E-state index in [9.17, 15) is 4.39 Å². The first-order valence-corrected chi connectivity index (χ1v) is 11.9. The molecule has 1 aliphatic rings. The van der Waals surface area contributed by atoms with Crippen molar-refractivity contribution in [3.63, 3.8) is 0 Å². The molecule has 1 unspecified atom stereocenters. The van der Waals surface area contributed by atoms with Crippen LogP contribution in [0.25, 0.3) is 0 Å². The van der Waals surface area contributed by atoms with Crippen LogP contribution in [0, 0.1) is 5.82 Å². The van der Waals surface area contributed by atoms with Crippen LogP contribution in [0.2, 0.25) is 18.1 Å². The summed E-state index contributed by atoms with van der Waals surface area (Å²) in [6.07, 6.45) is 1.14. The summed E-state index contributed by atoms with van der Waals surface area (Å²) in [5.74, 6) is -0.167. The van der Waals surface area contributed by atoms with Crippen molar-refractivity contribution in [3.8, 4) is 0 Å². The molecular formula is C20H34FNOSi. The van der Waals surface area contributed by atoms with E-state index in [4.69, 9.17) is 4.43 Å². The molecule has 1 aliphatic heterocycles. The number of benzene rings is 1. The molecule has 1 saturated heterocycles. The summed E-state index contributed by atoms with van der Waals surface area (Å²) in [5, 5.41) is 0.175. The Bertz CT molecular complexity index is 574. The Kier molecular flexibility index (Phi) is 5.35. The lowest BCUT2D eigenvalue weighted by Crippen LogP contribution is -2.47. The first kappa shape index (κ1) is 19.6. The second kappa shape index (κ2) is 6.54. The minimum Gasteiger partial charge on any atom is -0.412 e. The van der Waals surface area contributed by atoms with E-state index in [1.54, 1.807) is 6.07 Å². The number of hydrogen-bond donors (Lipinski definition) is 0. The largest absolute Gasteiger partial charge is 0.412 e. The molecule has 0 aliphatic carbocycles. The van der Waals surface area contributed by atoms with Crippen LogP contribution >= 0.6 is 0 Å². The van der Waals surface area contributed by atoms with Gasteiger partial charge in [0, 0.05) is 12.1 Å². The van der Waals surface area contributed by atoms with Crippen LogP contribution in [0.3, 0.4) is 0 Å². The number of nitrogens with zero attached hydrogens (tertiary/aromatic N) is 1. The lowest BCUT2D eigenvalue weighted by Gasteiger charge is -2.43. The van der Waals surface area contributed by atoms with Gasteiger partial charge in [-0.2, -0.15) is 0 Å². The number of halogens is 1. The zero-order valence-electron chi connectivity index (χ0n) is 16.6. The zero-order chi connectivity index (χ0) is 18.3. The average molecular weight is 352 g/mol. The fourth-order valence-corrected chi connectivity index (χ4v) is 4.64. The van der Waals surface area contributed by atoms with E-state index in [1.165, 1.54) is 6.07 Å². The summed E-state index contributed by atoms with van der Waals surface area (Å²) < 4.78 is 20.6. The van der Waals surface area contributed by atoms with Gasteiger partial charge in [-0.1, -0.05) is 32.9 Å². The Hall–Kier alpha value is -0.713. The van der Waals surface area contributed by atoms with Gasteiger partial charge in [-0.15, -0.1) is 0 Å². The summed E-state index contributed by atoms with van der Waals surface area (Å²) in [6.45, 7) is 19.1. The normalized spacial score (nSPS) is 23.7. The maximum absolute atomic E-state index is 13.8. The second-order valence-electron chi connectivity index (χ2n) is 9.57. The minimum absolute atomic E-state index is 0.0303. The Morgan fingerprint density at radius 3 is 2.25 bits per heavy atom. The van der Waals surface area contributed by atoms with E-state index in [-0.39, 0.29) is 28.5 Å². The van der Waals surface area contributed by atoms with Crippen molar-refractivity contribution in [3.05, 3.63) is 35.6 Å². The van der Waals surface area contributed by atoms with Crippen LogP contribution in [-0.2, 0) is 4.43 Å². The van der Waals surface area contributed by atoms with Gasteiger partial charge in [-0.25, -0.2) is 4.39 Å². The van der Waals surface area contributed by atoms with Crippen LogP contribution in [0.1, 0.15) is 59.6 Å². The molecule has 0 saturated carbocycles. The molecule has 1 aromatic rings. The molecule has 0 aromatic heterocycles. The van der Waals surface area contributed by atoms with E-state index in [0.717, 1.165) is 18.5 Å². The van der Waals surface area contributed by atoms with Gasteiger partial charge in [-0.05, 0) is 63.0 Å². The third-order valence-electron chi connectivity index (χ3n) is 5.65. The molecule has 0 bridgehead atoms. The van der Waals surface area contributed by atoms with E-state index in [1.807, 2.05) is 12.1 Å². The maximum atomic E-state index is 13.8. The molecule has 24 heavy (non-hydrogen) atoms.